The number of halogens is 1. The fourth-order valence-electron chi connectivity index (χ4n) is 3.63. The lowest BCUT2D eigenvalue weighted by Crippen LogP contribution is -2.58. The third-order valence-electron chi connectivity index (χ3n) is 5.54. The van der Waals surface area contributed by atoms with E-state index >= 15 is 0 Å². The summed E-state index contributed by atoms with van der Waals surface area (Å²) in [6.07, 6.45) is -0.144. The summed E-state index contributed by atoms with van der Waals surface area (Å²) < 4.78 is 6.06. The second-order valence-electron chi connectivity index (χ2n) is 7.90. The highest BCUT2D eigenvalue weighted by Gasteiger charge is 2.38. The van der Waals surface area contributed by atoms with Crippen LogP contribution in [0.5, 0.6) is 0 Å². The molecule has 2 aliphatic heterocycles. The quantitative estimate of drug-likeness (QED) is 0.789. The van der Waals surface area contributed by atoms with Crippen molar-refractivity contribution in [3.63, 3.8) is 0 Å². The maximum Gasteiger partial charge on any atom is 0.236 e. The maximum atomic E-state index is 12.9. The number of morpholine rings is 1. The second-order valence-corrected chi connectivity index (χ2v) is 8.31. The molecule has 0 saturated carbocycles. The third-order valence-corrected chi connectivity index (χ3v) is 5.88. The molecule has 3 rings (SSSR count). The van der Waals surface area contributed by atoms with Crippen LogP contribution in [-0.2, 0) is 14.3 Å². The Morgan fingerprint density at radius 1 is 1.15 bits per heavy atom. The Hall–Kier alpha value is -1.63. The first-order chi connectivity index (χ1) is 12.8. The van der Waals surface area contributed by atoms with Gasteiger partial charge >= 0.3 is 0 Å². The van der Waals surface area contributed by atoms with Crippen LogP contribution in [0.15, 0.2) is 24.3 Å². The molecule has 1 aromatic rings. The van der Waals surface area contributed by atoms with Crippen molar-refractivity contribution in [1.29, 1.82) is 0 Å². The normalized spacial score (nSPS) is 23.3. The first-order valence-corrected chi connectivity index (χ1v) is 9.80. The molecule has 1 atom stereocenters. The zero-order valence-corrected chi connectivity index (χ0v) is 17.0. The predicted molar refractivity (Wildman–Crippen MR) is 105 cm³/mol. The van der Waals surface area contributed by atoms with Gasteiger partial charge in [-0.3, -0.25) is 14.5 Å². The molecule has 2 fully saturated rings. The standard InChI is InChI=1S/C20H28ClN3O3/c1-15(25)22-8-10-23(11-9-22)19(26)13-24-12-18(27-14-20(24,2)3)16-6-4-5-7-17(16)21/h4-7,18H,8-14H2,1-3H3/t18-/m0/s1. The van der Waals surface area contributed by atoms with E-state index in [4.69, 9.17) is 16.3 Å². The second kappa shape index (κ2) is 8.17. The predicted octanol–water partition coefficient (Wildman–Crippen LogP) is 2.18. The average Bonchev–Trinajstić information content (AvgIpc) is 2.64. The lowest BCUT2D eigenvalue weighted by Gasteiger charge is -2.46. The monoisotopic (exact) mass is 393 g/mol. The van der Waals surface area contributed by atoms with Crippen molar-refractivity contribution >= 4 is 23.4 Å². The largest absolute Gasteiger partial charge is 0.370 e. The van der Waals surface area contributed by atoms with Gasteiger partial charge in [0.15, 0.2) is 0 Å². The van der Waals surface area contributed by atoms with Crippen LogP contribution in [0.25, 0.3) is 0 Å². The Bertz CT molecular complexity index is 701. The van der Waals surface area contributed by atoms with Crippen molar-refractivity contribution in [1.82, 2.24) is 14.7 Å². The minimum absolute atomic E-state index is 0.0685. The zero-order chi connectivity index (χ0) is 19.6. The molecular formula is C20H28ClN3O3. The molecule has 2 saturated heterocycles. The summed E-state index contributed by atoms with van der Waals surface area (Å²) in [7, 11) is 0. The Labute approximate surface area is 166 Å². The summed E-state index contributed by atoms with van der Waals surface area (Å²) in [5.74, 6) is 0.171. The van der Waals surface area contributed by atoms with E-state index in [2.05, 4.69) is 18.7 Å². The molecule has 6 nitrogen and oxygen atoms in total. The zero-order valence-electron chi connectivity index (χ0n) is 16.3. The molecule has 0 N–H and O–H groups in total. The SMILES string of the molecule is CC(=O)N1CCN(C(=O)CN2C[C@@H](c3ccccc3Cl)OCC2(C)C)CC1. The Morgan fingerprint density at radius 2 is 1.78 bits per heavy atom. The van der Waals surface area contributed by atoms with Gasteiger partial charge in [0.2, 0.25) is 11.8 Å². The molecule has 148 valence electrons. The molecule has 0 unspecified atom stereocenters. The molecule has 2 heterocycles. The molecule has 1 aromatic carbocycles. The van der Waals surface area contributed by atoms with Crippen LogP contribution >= 0.6 is 11.6 Å². The number of nitrogens with zero attached hydrogens (tertiary/aromatic N) is 3. The van der Waals surface area contributed by atoms with Crippen LogP contribution in [0.2, 0.25) is 5.02 Å². The lowest BCUT2D eigenvalue weighted by atomic mass is 9.98. The van der Waals surface area contributed by atoms with Crippen molar-refractivity contribution < 1.29 is 14.3 Å². The van der Waals surface area contributed by atoms with E-state index in [1.807, 2.05) is 29.2 Å². The number of rotatable bonds is 3. The summed E-state index contributed by atoms with van der Waals surface area (Å²) in [6, 6.07) is 7.70. The summed E-state index contributed by atoms with van der Waals surface area (Å²) in [5.41, 5.74) is 0.733. The average molecular weight is 394 g/mol. The molecule has 0 aliphatic carbocycles. The third kappa shape index (κ3) is 4.62. The van der Waals surface area contributed by atoms with Crippen molar-refractivity contribution in [2.45, 2.75) is 32.4 Å². The van der Waals surface area contributed by atoms with Gasteiger partial charge in [0.25, 0.3) is 0 Å². The Kier molecular flexibility index (Phi) is 6.08. The van der Waals surface area contributed by atoms with Crippen molar-refractivity contribution in [2.24, 2.45) is 0 Å². The highest BCUT2D eigenvalue weighted by Crippen LogP contribution is 2.33. The first kappa shape index (κ1) is 20.1. The molecule has 0 radical (unpaired) electrons. The molecule has 2 aliphatic rings. The summed E-state index contributed by atoms with van der Waals surface area (Å²) in [4.78, 5) is 30.1. The van der Waals surface area contributed by atoms with E-state index in [1.54, 1.807) is 11.8 Å². The number of hydrogen-bond acceptors (Lipinski definition) is 4. The smallest absolute Gasteiger partial charge is 0.236 e. The van der Waals surface area contributed by atoms with E-state index in [1.165, 1.54) is 0 Å². The van der Waals surface area contributed by atoms with E-state index < -0.39 is 0 Å². The van der Waals surface area contributed by atoms with E-state index in [-0.39, 0.29) is 23.5 Å². The van der Waals surface area contributed by atoms with Crippen molar-refractivity contribution in [2.75, 3.05) is 45.9 Å². The fraction of sp³-hybridized carbons (Fsp3) is 0.600. The van der Waals surface area contributed by atoms with Crippen LogP contribution in [0, 0.1) is 0 Å². The van der Waals surface area contributed by atoms with Crippen molar-refractivity contribution in [3.8, 4) is 0 Å². The van der Waals surface area contributed by atoms with Gasteiger partial charge in [-0.2, -0.15) is 0 Å². The number of benzene rings is 1. The van der Waals surface area contributed by atoms with Crippen molar-refractivity contribution in [3.05, 3.63) is 34.9 Å². The topological polar surface area (TPSA) is 53.1 Å². The molecule has 0 bridgehead atoms. The Morgan fingerprint density at radius 3 is 2.41 bits per heavy atom. The molecule has 2 amide bonds. The minimum Gasteiger partial charge on any atom is -0.370 e. The Balaban J connectivity index is 1.64. The van der Waals surface area contributed by atoms with Crippen LogP contribution in [-0.4, -0.2) is 77.9 Å². The number of ether oxygens (including phenoxy) is 1. The van der Waals surface area contributed by atoms with Gasteiger partial charge in [0, 0.05) is 55.8 Å². The van der Waals surface area contributed by atoms with Gasteiger partial charge in [-0.15, -0.1) is 0 Å². The van der Waals surface area contributed by atoms with Gasteiger partial charge in [0.05, 0.1) is 19.3 Å². The first-order valence-electron chi connectivity index (χ1n) is 9.42. The summed E-state index contributed by atoms with van der Waals surface area (Å²) in [5, 5.41) is 0.689. The number of carbonyl (C=O) groups excluding carboxylic acids is 2. The molecular weight excluding hydrogens is 366 g/mol. The summed E-state index contributed by atoms with van der Waals surface area (Å²) in [6.45, 7) is 9.66. The molecule has 27 heavy (non-hydrogen) atoms. The molecule has 7 heteroatoms. The summed E-state index contributed by atoms with van der Waals surface area (Å²) >= 11 is 6.34. The van der Waals surface area contributed by atoms with Gasteiger partial charge in [-0.05, 0) is 19.9 Å². The highest BCUT2D eigenvalue weighted by atomic mass is 35.5. The van der Waals surface area contributed by atoms with Gasteiger partial charge < -0.3 is 14.5 Å². The van der Waals surface area contributed by atoms with Crippen LogP contribution in [0.3, 0.4) is 0 Å². The maximum absolute atomic E-state index is 12.9. The molecule has 0 spiro atoms. The highest BCUT2D eigenvalue weighted by molar-refractivity contribution is 6.31. The van der Waals surface area contributed by atoms with Crippen LogP contribution in [0.4, 0.5) is 0 Å². The fourth-order valence-corrected chi connectivity index (χ4v) is 3.89. The van der Waals surface area contributed by atoms with Crippen LogP contribution < -0.4 is 0 Å². The van der Waals surface area contributed by atoms with E-state index in [9.17, 15) is 9.59 Å². The van der Waals surface area contributed by atoms with Gasteiger partial charge in [-0.25, -0.2) is 0 Å². The van der Waals surface area contributed by atoms with Crippen LogP contribution in [0.1, 0.15) is 32.4 Å². The van der Waals surface area contributed by atoms with E-state index in [0.717, 1.165) is 5.56 Å². The lowest BCUT2D eigenvalue weighted by molar-refractivity contribution is -0.146. The molecule has 0 aromatic heterocycles. The number of hydrogen-bond donors (Lipinski definition) is 0. The van der Waals surface area contributed by atoms with E-state index in [0.29, 0.717) is 50.9 Å². The van der Waals surface area contributed by atoms with Gasteiger partial charge in [0.1, 0.15) is 0 Å². The van der Waals surface area contributed by atoms with Gasteiger partial charge in [-0.1, -0.05) is 29.8 Å². The number of carbonyl (C=O) groups is 2. The number of piperazine rings is 1. The number of amides is 2. The minimum atomic E-state index is -0.228.